The Balaban J connectivity index is 2.35. The molecule has 0 bridgehead atoms. The van der Waals surface area contributed by atoms with Crippen LogP contribution in [0.1, 0.15) is 32.1 Å². The number of hydrogen-bond acceptors (Lipinski definition) is 0. The highest BCUT2D eigenvalue weighted by Gasteiger charge is 2.12. The van der Waals surface area contributed by atoms with Gasteiger partial charge in [0.15, 0.2) is 0 Å². The minimum atomic E-state index is -0.818. The quantitative estimate of drug-likeness (QED) is 0.443. The van der Waals surface area contributed by atoms with Gasteiger partial charge in [-0.2, -0.15) is 0 Å². The normalized spacial score (nSPS) is 19.4. The average Bonchev–Trinajstić information content (AvgIpc) is 2.02. The second-order valence-electron chi connectivity index (χ2n) is 5.19. The van der Waals surface area contributed by atoms with Crippen LogP contribution in [0.15, 0.2) is 11.6 Å². The topological polar surface area (TPSA) is 0 Å². The minimum Gasteiger partial charge on any atom is -0.0880 e. The third kappa shape index (κ3) is 4.10. The summed E-state index contributed by atoms with van der Waals surface area (Å²) in [6.45, 7) is 7.35. The van der Waals surface area contributed by atoms with Crippen LogP contribution in [0.2, 0.25) is 25.7 Å². The molecule has 0 N–H and O–H groups in total. The van der Waals surface area contributed by atoms with E-state index < -0.39 is 8.07 Å². The van der Waals surface area contributed by atoms with Crippen molar-refractivity contribution >= 4 is 8.07 Å². The predicted molar refractivity (Wildman–Crippen MR) is 59.3 cm³/mol. The molecule has 0 aliphatic heterocycles. The number of hydrogen-bond donors (Lipinski definition) is 0. The van der Waals surface area contributed by atoms with Gasteiger partial charge in [-0.05, 0) is 31.7 Å². The van der Waals surface area contributed by atoms with Crippen LogP contribution in [0.4, 0.5) is 0 Å². The summed E-state index contributed by atoms with van der Waals surface area (Å²) in [4.78, 5) is 0. The standard InChI is InChI=1S/C11H22Si/c1-12(2,3)10-9-11-7-5-4-6-8-11/h9H,4-8,10H2,1-3H3. The molecule has 1 heteroatoms. The maximum atomic E-state index is 2.55. The maximum Gasteiger partial charge on any atom is 0.0480 e. The highest BCUT2D eigenvalue weighted by atomic mass is 28.3. The smallest absolute Gasteiger partial charge is 0.0480 e. The summed E-state index contributed by atoms with van der Waals surface area (Å²) < 4.78 is 0. The van der Waals surface area contributed by atoms with Gasteiger partial charge in [0.2, 0.25) is 0 Å². The first-order chi connectivity index (χ1) is 5.58. The zero-order valence-corrected chi connectivity index (χ0v) is 9.82. The molecule has 0 saturated heterocycles. The van der Waals surface area contributed by atoms with E-state index in [4.69, 9.17) is 0 Å². The SMILES string of the molecule is C[Si](C)(C)CC=C1CCCCC1. The van der Waals surface area contributed by atoms with Crippen molar-refractivity contribution in [3.05, 3.63) is 11.6 Å². The van der Waals surface area contributed by atoms with Crippen LogP contribution in [0.5, 0.6) is 0 Å². The van der Waals surface area contributed by atoms with Crippen molar-refractivity contribution in [2.24, 2.45) is 0 Å². The summed E-state index contributed by atoms with van der Waals surface area (Å²) in [7, 11) is -0.818. The summed E-state index contributed by atoms with van der Waals surface area (Å²) in [6.07, 6.45) is 9.68. The zero-order valence-electron chi connectivity index (χ0n) is 8.82. The molecule has 0 atom stereocenters. The summed E-state index contributed by atoms with van der Waals surface area (Å²) >= 11 is 0. The second kappa shape index (κ2) is 4.27. The maximum absolute atomic E-state index is 2.55. The van der Waals surface area contributed by atoms with Gasteiger partial charge in [0.25, 0.3) is 0 Å². The summed E-state index contributed by atoms with van der Waals surface area (Å²) in [5.74, 6) is 0. The van der Waals surface area contributed by atoms with Crippen molar-refractivity contribution in [2.45, 2.75) is 57.8 Å². The lowest BCUT2D eigenvalue weighted by molar-refractivity contribution is 0.598. The van der Waals surface area contributed by atoms with E-state index in [-0.39, 0.29) is 0 Å². The van der Waals surface area contributed by atoms with Gasteiger partial charge in [0.1, 0.15) is 0 Å². The van der Waals surface area contributed by atoms with Gasteiger partial charge in [-0.25, -0.2) is 0 Å². The van der Waals surface area contributed by atoms with E-state index in [0.717, 1.165) is 0 Å². The van der Waals surface area contributed by atoms with Crippen molar-refractivity contribution in [3.63, 3.8) is 0 Å². The largest absolute Gasteiger partial charge is 0.0880 e. The second-order valence-corrected chi connectivity index (χ2v) is 10.7. The predicted octanol–water partition coefficient (Wildman–Crippen LogP) is 4.22. The van der Waals surface area contributed by atoms with Crippen molar-refractivity contribution < 1.29 is 0 Å². The highest BCUT2D eigenvalue weighted by Crippen LogP contribution is 2.24. The van der Waals surface area contributed by atoms with Crippen LogP contribution in [0.25, 0.3) is 0 Å². The lowest BCUT2D eigenvalue weighted by atomic mass is 9.95. The van der Waals surface area contributed by atoms with E-state index in [1.165, 1.54) is 38.1 Å². The van der Waals surface area contributed by atoms with Gasteiger partial charge >= 0.3 is 0 Å². The van der Waals surface area contributed by atoms with Crippen LogP contribution in [0, 0.1) is 0 Å². The average molecular weight is 182 g/mol. The lowest BCUT2D eigenvalue weighted by Gasteiger charge is -2.17. The van der Waals surface area contributed by atoms with Gasteiger partial charge in [-0.3, -0.25) is 0 Å². The molecule has 1 saturated carbocycles. The third-order valence-corrected chi connectivity index (χ3v) is 3.93. The van der Waals surface area contributed by atoms with Crippen molar-refractivity contribution in [1.29, 1.82) is 0 Å². The summed E-state index contributed by atoms with van der Waals surface area (Å²) in [6, 6.07) is 1.39. The molecule has 0 spiro atoms. The van der Waals surface area contributed by atoms with Gasteiger partial charge < -0.3 is 0 Å². The van der Waals surface area contributed by atoms with Crippen LogP contribution in [-0.2, 0) is 0 Å². The molecule has 0 aromatic rings. The Labute approximate surface area is 78.1 Å². The van der Waals surface area contributed by atoms with Crippen LogP contribution in [-0.4, -0.2) is 8.07 Å². The van der Waals surface area contributed by atoms with Gasteiger partial charge in [0.05, 0.1) is 0 Å². The molecule has 0 unspecified atom stereocenters. The van der Waals surface area contributed by atoms with E-state index in [1.54, 1.807) is 5.57 Å². The molecule has 12 heavy (non-hydrogen) atoms. The van der Waals surface area contributed by atoms with Crippen LogP contribution >= 0.6 is 0 Å². The van der Waals surface area contributed by atoms with E-state index in [9.17, 15) is 0 Å². The summed E-state index contributed by atoms with van der Waals surface area (Å²) in [5.41, 5.74) is 1.75. The fourth-order valence-corrected chi connectivity index (χ4v) is 2.56. The Bertz CT molecular complexity index is 154. The Morgan fingerprint density at radius 2 is 1.67 bits per heavy atom. The van der Waals surface area contributed by atoms with E-state index in [0.29, 0.717) is 0 Å². The number of allylic oxidation sites excluding steroid dienone is 2. The Hall–Kier alpha value is -0.0431. The van der Waals surface area contributed by atoms with Crippen molar-refractivity contribution in [3.8, 4) is 0 Å². The number of rotatable bonds is 2. The molecule has 1 rings (SSSR count). The highest BCUT2D eigenvalue weighted by molar-refractivity contribution is 6.76. The first-order valence-corrected chi connectivity index (χ1v) is 8.96. The van der Waals surface area contributed by atoms with Crippen LogP contribution in [0.3, 0.4) is 0 Å². The molecule has 0 heterocycles. The molecule has 0 aromatic heterocycles. The monoisotopic (exact) mass is 182 g/mol. The van der Waals surface area contributed by atoms with Crippen LogP contribution < -0.4 is 0 Å². The third-order valence-electron chi connectivity index (χ3n) is 2.50. The Kier molecular flexibility index (Phi) is 3.57. The van der Waals surface area contributed by atoms with E-state index in [1.807, 2.05) is 0 Å². The van der Waals surface area contributed by atoms with Crippen molar-refractivity contribution in [2.75, 3.05) is 0 Å². The van der Waals surface area contributed by atoms with Gasteiger partial charge in [-0.15, -0.1) is 0 Å². The molecule has 1 fully saturated rings. The first-order valence-electron chi connectivity index (χ1n) is 5.26. The molecule has 0 amide bonds. The fraction of sp³-hybridized carbons (Fsp3) is 0.818. The molecule has 0 nitrogen and oxygen atoms in total. The molecular weight excluding hydrogens is 160 g/mol. The molecule has 1 aliphatic rings. The lowest BCUT2D eigenvalue weighted by Crippen LogP contribution is -2.17. The van der Waals surface area contributed by atoms with Gasteiger partial charge in [0, 0.05) is 8.07 Å². The molecule has 1 aliphatic carbocycles. The molecule has 0 radical (unpaired) electrons. The minimum absolute atomic E-state index is 0.818. The first kappa shape index (κ1) is 10.0. The Morgan fingerprint density at radius 3 is 2.17 bits per heavy atom. The van der Waals surface area contributed by atoms with Gasteiger partial charge in [-0.1, -0.05) is 37.7 Å². The van der Waals surface area contributed by atoms with Crippen molar-refractivity contribution in [1.82, 2.24) is 0 Å². The zero-order chi connectivity index (χ0) is 9.03. The fourth-order valence-electron chi connectivity index (χ4n) is 1.66. The van der Waals surface area contributed by atoms with E-state index in [2.05, 4.69) is 25.7 Å². The molecule has 0 aromatic carbocycles. The Morgan fingerprint density at radius 1 is 1.08 bits per heavy atom. The van der Waals surface area contributed by atoms with E-state index >= 15 is 0 Å². The summed E-state index contributed by atoms with van der Waals surface area (Å²) in [5, 5.41) is 0. The molecular formula is C11H22Si. The molecule has 70 valence electrons.